The minimum atomic E-state index is -1.29. The smallest absolute Gasteiger partial charge is 0.353 e. The van der Waals surface area contributed by atoms with E-state index < -0.39 is 17.3 Å². The maximum Gasteiger partial charge on any atom is 0.353 e. The van der Waals surface area contributed by atoms with Crippen LogP contribution >= 0.6 is 11.6 Å². The molecule has 0 saturated carbocycles. The number of rotatable bonds is 4. The molecule has 35 heavy (non-hydrogen) atoms. The second kappa shape index (κ2) is 7.82. The minimum Gasteiger partial charge on any atom is -0.477 e. The number of pyridine rings is 2. The SMILES string of the molecule is O=C(O)c1c(-c2ccc[nH]c2=O)c2c3occc3c(F)cc2n1Cc1cnc2ccccc2c1Cl. The zero-order valence-electron chi connectivity index (χ0n) is 17.9. The molecule has 7 nitrogen and oxygen atoms in total. The van der Waals surface area contributed by atoms with Gasteiger partial charge in [0.2, 0.25) is 0 Å². The van der Waals surface area contributed by atoms with Gasteiger partial charge in [0.25, 0.3) is 5.56 Å². The molecule has 0 aliphatic heterocycles. The molecule has 9 heteroatoms. The van der Waals surface area contributed by atoms with Gasteiger partial charge in [-0.05, 0) is 30.3 Å². The number of aromatic carboxylic acids is 1. The quantitative estimate of drug-likeness (QED) is 0.326. The van der Waals surface area contributed by atoms with Crippen LogP contribution in [-0.2, 0) is 6.54 Å². The highest BCUT2D eigenvalue weighted by Gasteiger charge is 2.29. The van der Waals surface area contributed by atoms with E-state index in [1.165, 1.54) is 35.2 Å². The topological polar surface area (TPSA) is 101 Å². The van der Waals surface area contributed by atoms with Crippen LogP contribution in [0.3, 0.4) is 0 Å². The highest BCUT2D eigenvalue weighted by Crippen LogP contribution is 2.40. The normalized spacial score (nSPS) is 11.6. The van der Waals surface area contributed by atoms with Crippen LogP contribution in [0.5, 0.6) is 0 Å². The highest BCUT2D eigenvalue weighted by atomic mass is 35.5. The second-order valence-corrected chi connectivity index (χ2v) is 8.44. The summed E-state index contributed by atoms with van der Waals surface area (Å²) in [5.41, 5.74) is 1.23. The number of para-hydroxylation sites is 1. The molecule has 2 N–H and O–H groups in total. The average Bonchev–Trinajstić information content (AvgIpc) is 3.45. The molecule has 6 rings (SSSR count). The van der Waals surface area contributed by atoms with Crippen molar-refractivity contribution in [1.29, 1.82) is 0 Å². The number of H-pyrrole nitrogens is 1. The van der Waals surface area contributed by atoms with Crippen LogP contribution in [0.2, 0.25) is 5.02 Å². The van der Waals surface area contributed by atoms with Gasteiger partial charge in [-0.25, -0.2) is 9.18 Å². The molecule has 2 aromatic carbocycles. The van der Waals surface area contributed by atoms with Gasteiger partial charge >= 0.3 is 5.97 Å². The molecule has 0 aliphatic rings. The van der Waals surface area contributed by atoms with E-state index in [4.69, 9.17) is 16.0 Å². The zero-order valence-corrected chi connectivity index (χ0v) is 18.6. The maximum absolute atomic E-state index is 15.1. The monoisotopic (exact) mass is 487 g/mol. The summed E-state index contributed by atoms with van der Waals surface area (Å²) in [5, 5.41) is 11.9. The van der Waals surface area contributed by atoms with E-state index in [2.05, 4.69) is 9.97 Å². The number of carbonyl (C=O) groups is 1. The maximum atomic E-state index is 15.1. The molecule has 0 atom stereocenters. The number of hydrogen-bond acceptors (Lipinski definition) is 4. The van der Waals surface area contributed by atoms with Crippen LogP contribution in [0.25, 0.3) is 43.9 Å². The fraction of sp³-hybridized carbons (Fsp3) is 0.0385. The number of hydrogen-bond donors (Lipinski definition) is 2. The Kier molecular flexibility index (Phi) is 4.72. The summed E-state index contributed by atoms with van der Waals surface area (Å²) in [6.07, 6.45) is 4.35. The van der Waals surface area contributed by atoms with Crippen LogP contribution in [0.15, 0.2) is 76.4 Å². The van der Waals surface area contributed by atoms with E-state index in [1.54, 1.807) is 12.3 Å². The molecular weight excluding hydrogens is 473 g/mol. The zero-order chi connectivity index (χ0) is 24.3. The summed E-state index contributed by atoms with van der Waals surface area (Å²) in [6.45, 7) is -0.0226. The van der Waals surface area contributed by atoms with E-state index in [0.29, 0.717) is 26.9 Å². The number of furan rings is 1. The highest BCUT2D eigenvalue weighted by molar-refractivity contribution is 6.36. The molecule has 0 radical (unpaired) electrons. The number of carboxylic acids is 1. The van der Waals surface area contributed by atoms with Crippen molar-refractivity contribution in [3.63, 3.8) is 0 Å². The molecule has 0 unspecified atom stereocenters. The van der Waals surface area contributed by atoms with Crippen LogP contribution in [-0.4, -0.2) is 25.6 Å². The Balaban J connectivity index is 1.74. The predicted octanol–water partition coefficient (Wildman–Crippen LogP) is 5.83. The average molecular weight is 488 g/mol. The number of nitrogens with zero attached hydrogens (tertiary/aromatic N) is 2. The first-order valence-electron chi connectivity index (χ1n) is 10.6. The van der Waals surface area contributed by atoms with E-state index in [-0.39, 0.29) is 39.9 Å². The molecule has 4 aromatic heterocycles. The summed E-state index contributed by atoms with van der Waals surface area (Å²) < 4.78 is 22.1. The number of nitrogens with one attached hydrogen (secondary N) is 1. The molecule has 0 saturated heterocycles. The Hall–Kier alpha value is -4.43. The van der Waals surface area contributed by atoms with Gasteiger partial charge in [-0.3, -0.25) is 9.78 Å². The van der Waals surface area contributed by atoms with Crippen molar-refractivity contribution in [3.05, 3.63) is 99.6 Å². The third-order valence-electron chi connectivity index (χ3n) is 6.12. The molecule has 172 valence electrons. The first kappa shape index (κ1) is 21.1. The number of aromatic nitrogens is 3. The Bertz CT molecular complexity index is 1870. The van der Waals surface area contributed by atoms with Crippen molar-refractivity contribution in [2.45, 2.75) is 6.54 Å². The van der Waals surface area contributed by atoms with Crippen molar-refractivity contribution in [1.82, 2.24) is 14.5 Å². The van der Waals surface area contributed by atoms with Gasteiger partial charge < -0.3 is 19.1 Å². The fourth-order valence-corrected chi connectivity index (χ4v) is 4.87. The Labute approximate surface area is 201 Å². The molecule has 0 spiro atoms. The molecule has 4 heterocycles. The third-order valence-corrected chi connectivity index (χ3v) is 6.56. The second-order valence-electron chi connectivity index (χ2n) is 8.06. The lowest BCUT2D eigenvalue weighted by Crippen LogP contribution is -2.14. The van der Waals surface area contributed by atoms with Crippen LogP contribution in [0.4, 0.5) is 4.39 Å². The molecule has 6 aromatic rings. The standard InChI is InChI=1S/C26H15ClFN3O4/c27-22-13(11-30-18-6-2-1-4-15(18)22)12-31-19-10-17(28)14-7-9-35-24(14)21(19)20(23(31)26(33)34)16-5-3-8-29-25(16)32/h1-11H,12H2,(H,29,32)(H,33,34). The van der Waals surface area contributed by atoms with E-state index in [0.717, 1.165) is 0 Å². The Morgan fingerprint density at radius 3 is 2.80 bits per heavy atom. The van der Waals surface area contributed by atoms with E-state index in [9.17, 15) is 14.7 Å². The number of benzene rings is 2. The van der Waals surface area contributed by atoms with Crippen molar-refractivity contribution >= 4 is 50.3 Å². The van der Waals surface area contributed by atoms with Crippen LogP contribution < -0.4 is 5.56 Å². The fourth-order valence-electron chi connectivity index (χ4n) is 4.60. The molecular formula is C26H15ClFN3O4. The summed E-state index contributed by atoms with van der Waals surface area (Å²) in [4.78, 5) is 32.4. The molecule has 0 bridgehead atoms. The van der Waals surface area contributed by atoms with Crippen molar-refractivity contribution in [3.8, 4) is 11.1 Å². The minimum absolute atomic E-state index is 0.0226. The number of aromatic amines is 1. The van der Waals surface area contributed by atoms with Crippen LogP contribution in [0, 0.1) is 5.82 Å². The number of carboxylic acid groups (broad SMARTS) is 1. The lowest BCUT2D eigenvalue weighted by atomic mass is 10.0. The summed E-state index contributed by atoms with van der Waals surface area (Å²) >= 11 is 6.68. The Morgan fingerprint density at radius 2 is 2.00 bits per heavy atom. The van der Waals surface area contributed by atoms with Gasteiger partial charge in [-0.2, -0.15) is 0 Å². The van der Waals surface area contributed by atoms with Gasteiger partial charge in [0.15, 0.2) is 0 Å². The Morgan fingerprint density at radius 1 is 1.17 bits per heavy atom. The van der Waals surface area contributed by atoms with Crippen molar-refractivity contribution < 1.29 is 18.7 Å². The molecule has 0 amide bonds. The van der Waals surface area contributed by atoms with Crippen LogP contribution in [0.1, 0.15) is 16.1 Å². The van der Waals surface area contributed by atoms with E-state index in [1.807, 2.05) is 24.3 Å². The van der Waals surface area contributed by atoms with Gasteiger partial charge in [0.05, 0.1) is 45.2 Å². The number of fused-ring (bicyclic) bond motifs is 4. The number of halogens is 2. The summed E-state index contributed by atoms with van der Waals surface area (Å²) in [5.74, 6) is -1.86. The van der Waals surface area contributed by atoms with E-state index >= 15 is 4.39 Å². The predicted molar refractivity (Wildman–Crippen MR) is 131 cm³/mol. The lowest BCUT2D eigenvalue weighted by Gasteiger charge is -2.12. The lowest BCUT2D eigenvalue weighted by molar-refractivity contribution is 0.0687. The third kappa shape index (κ3) is 3.14. The van der Waals surface area contributed by atoms with Gasteiger partial charge in [0, 0.05) is 28.9 Å². The summed E-state index contributed by atoms with van der Waals surface area (Å²) in [6, 6.07) is 13.1. The molecule has 0 fully saturated rings. The van der Waals surface area contributed by atoms with Gasteiger partial charge in [-0.15, -0.1) is 0 Å². The van der Waals surface area contributed by atoms with Gasteiger partial charge in [0.1, 0.15) is 17.1 Å². The largest absolute Gasteiger partial charge is 0.477 e. The van der Waals surface area contributed by atoms with Crippen molar-refractivity contribution in [2.24, 2.45) is 0 Å². The summed E-state index contributed by atoms with van der Waals surface area (Å²) in [7, 11) is 0. The molecule has 0 aliphatic carbocycles. The first-order valence-corrected chi connectivity index (χ1v) is 11.0. The van der Waals surface area contributed by atoms with Crippen molar-refractivity contribution in [2.75, 3.05) is 0 Å². The first-order chi connectivity index (χ1) is 17.0. The van der Waals surface area contributed by atoms with Gasteiger partial charge in [-0.1, -0.05) is 29.8 Å².